The molecule has 0 saturated carbocycles. The maximum absolute atomic E-state index is 12.2. The summed E-state index contributed by atoms with van der Waals surface area (Å²) in [7, 11) is 0. The van der Waals surface area contributed by atoms with Gasteiger partial charge < -0.3 is 15.1 Å². The SMILES string of the molecule is CC(=O)N1CC2=C(CC(C)C=C2)C2(CCN(C3CC4CCC(C3)N4)CC2)C1. The van der Waals surface area contributed by atoms with Crippen LogP contribution in [-0.2, 0) is 4.79 Å². The first-order chi connectivity index (χ1) is 13.0. The Balaban J connectivity index is 1.34. The molecular weight excluding hydrogens is 334 g/mol. The molecule has 3 fully saturated rings. The first kappa shape index (κ1) is 17.9. The molecule has 148 valence electrons. The van der Waals surface area contributed by atoms with Gasteiger partial charge in [0.1, 0.15) is 0 Å². The topological polar surface area (TPSA) is 35.6 Å². The van der Waals surface area contributed by atoms with Crippen LogP contribution in [-0.4, -0.2) is 60.0 Å². The van der Waals surface area contributed by atoms with E-state index in [-0.39, 0.29) is 11.3 Å². The van der Waals surface area contributed by atoms with E-state index in [9.17, 15) is 4.79 Å². The third-order valence-electron chi connectivity index (χ3n) is 8.20. The summed E-state index contributed by atoms with van der Waals surface area (Å²) in [6, 6.07) is 2.32. The summed E-state index contributed by atoms with van der Waals surface area (Å²) in [4.78, 5) is 17.1. The second-order valence-electron chi connectivity index (χ2n) is 10.00. The molecular formula is C23H35N3O. The third kappa shape index (κ3) is 3.19. The van der Waals surface area contributed by atoms with Crippen LogP contribution in [0.1, 0.15) is 58.8 Å². The van der Waals surface area contributed by atoms with Gasteiger partial charge in [0.05, 0.1) is 0 Å². The predicted octanol–water partition coefficient (Wildman–Crippen LogP) is 3.11. The van der Waals surface area contributed by atoms with E-state index in [1.54, 1.807) is 12.5 Å². The van der Waals surface area contributed by atoms with Gasteiger partial charge in [-0.2, -0.15) is 0 Å². The smallest absolute Gasteiger partial charge is 0.219 e. The van der Waals surface area contributed by atoms with Crippen LogP contribution in [0.5, 0.6) is 0 Å². The summed E-state index contributed by atoms with van der Waals surface area (Å²) in [5.41, 5.74) is 3.38. The Morgan fingerprint density at radius 1 is 1.19 bits per heavy atom. The molecule has 0 aromatic rings. The average molecular weight is 370 g/mol. The average Bonchev–Trinajstić information content (AvgIpc) is 3.00. The molecule has 0 radical (unpaired) electrons. The van der Waals surface area contributed by atoms with Gasteiger partial charge in [-0.15, -0.1) is 0 Å². The number of nitrogens with zero attached hydrogens (tertiary/aromatic N) is 2. The molecule has 27 heavy (non-hydrogen) atoms. The number of hydrogen-bond donors (Lipinski definition) is 1. The predicted molar refractivity (Wildman–Crippen MR) is 108 cm³/mol. The molecule has 5 aliphatic rings. The van der Waals surface area contributed by atoms with Crippen molar-refractivity contribution in [1.82, 2.24) is 15.1 Å². The van der Waals surface area contributed by atoms with Gasteiger partial charge >= 0.3 is 0 Å². The van der Waals surface area contributed by atoms with Crippen molar-refractivity contribution in [1.29, 1.82) is 0 Å². The van der Waals surface area contributed by atoms with Gasteiger partial charge in [-0.1, -0.05) is 24.6 Å². The van der Waals surface area contributed by atoms with Crippen LogP contribution in [0.25, 0.3) is 0 Å². The number of carbonyl (C=O) groups is 1. The van der Waals surface area contributed by atoms with E-state index in [1.807, 2.05) is 0 Å². The summed E-state index contributed by atoms with van der Waals surface area (Å²) in [6.45, 7) is 8.29. The molecule has 1 N–H and O–H groups in total. The molecule has 4 nitrogen and oxygen atoms in total. The van der Waals surface area contributed by atoms with Crippen molar-refractivity contribution >= 4 is 5.91 Å². The highest BCUT2D eigenvalue weighted by atomic mass is 16.2. The summed E-state index contributed by atoms with van der Waals surface area (Å²) in [6.07, 6.45) is 13.8. The van der Waals surface area contributed by atoms with Crippen LogP contribution in [0.3, 0.4) is 0 Å². The molecule has 1 amide bonds. The van der Waals surface area contributed by atoms with Crippen molar-refractivity contribution in [3.8, 4) is 0 Å². The maximum Gasteiger partial charge on any atom is 0.219 e. The Labute approximate surface area is 164 Å². The molecule has 3 unspecified atom stereocenters. The van der Waals surface area contributed by atoms with Crippen molar-refractivity contribution in [2.75, 3.05) is 26.2 Å². The monoisotopic (exact) mass is 369 g/mol. The first-order valence-electron chi connectivity index (χ1n) is 11.2. The molecule has 1 aliphatic carbocycles. The van der Waals surface area contributed by atoms with Crippen molar-refractivity contribution in [2.45, 2.75) is 76.9 Å². The zero-order chi connectivity index (χ0) is 18.6. The first-order valence-corrected chi connectivity index (χ1v) is 11.2. The number of fused-ring (bicyclic) bond motifs is 3. The molecule has 3 saturated heterocycles. The number of hydrogen-bond acceptors (Lipinski definition) is 3. The van der Waals surface area contributed by atoms with Crippen LogP contribution in [0.4, 0.5) is 0 Å². The van der Waals surface area contributed by atoms with Gasteiger partial charge in [0.25, 0.3) is 0 Å². The lowest BCUT2D eigenvalue weighted by Crippen LogP contribution is -2.56. The Morgan fingerprint density at radius 2 is 1.89 bits per heavy atom. The van der Waals surface area contributed by atoms with Crippen molar-refractivity contribution in [3.63, 3.8) is 0 Å². The number of rotatable bonds is 1. The van der Waals surface area contributed by atoms with Crippen molar-refractivity contribution in [3.05, 3.63) is 23.3 Å². The van der Waals surface area contributed by atoms with Crippen molar-refractivity contribution in [2.24, 2.45) is 11.3 Å². The van der Waals surface area contributed by atoms with Crippen LogP contribution in [0.15, 0.2) is 23.3 Å². The summed E-state index contributed by atoms with van der Waals surface area (Å²) >= 11 is 0. The summed E-state index contributed by atoms with van der Waals surface area (Å²) in [5.74, 6) is 0.882. The zero-order valence-electron chi connectivity index (χ0n) is 17.0. The van der Waals surface area contributed by atoms with E-state index in [0.717, 1.165) is 31.2 Å². The van der Waals surface area contributed by atoms with Gasteiger partial charge in [0.15, 0.2) is 0 Å². The normalized spacial score (nSPS) is 38.4. The number of piperidine rings is 2. The summed E-state index contributed by atoms with van der Waals surface area (Å²) < 4.78 is 0. The number of nitrogens with one attached hydrogen (secondary N) is 1. The number of amides is 1. The second kappa shape index (κ2) is 6.73. The van der Waals surface area contributed by atoms with E-state index < -0.39 is 0 Å². The lowest BCUT2D eigenvalue weighted by atomic mass is 9.64. The largest absolute Gasteiger partial charge is 0.338 e. The van der Waals surface area contributed by atoms with Gasteiger partial charge in [0.2, 0.25) is 5.91 Å². The highest BCUT2D eigenvalue weighted by Crippen LogP contribution is 2.48. The lowest BCUT2D eigenvalue weighted by molar-refractivity contribution is -0.130. The Hall–Kier alpha value is -1.13. The number of likely N-dealkylation sites (tertiary alicyclic amines) is 1. The Kier molecular flexibility index (Phi) is 4.47. The minimum atomic E-state index is 0.237. The van der Waals surface area contributed by atoms with Gasteiger partial charge in [-0.3, -0.25) is 4.79 Å². The highest BCUT2D eigenvalue weighted by Gasteiger charge is 2.46. The molecule has 3 atom stereocenters. The maximum atomic E-state index is 12.2. The van der Waals surface area contributed by atoms with Crippen LogP contribution >= 0.6 is 0 Å². The molecule has 4 aliphatic heterocycles. The standard InChI is InChI=1S/C23H35N3O/c1-16-3-4-18-14-26(17(2)27)15-23(22(18)11-16)7-9-25(10-8-23)21-12-19-5-6-20(13-21)24-19/h3-4,16,19-21,24H,5-15H2,1-2H3. The van der Waals surface area contributed by atoms with E-state index in [1.165, 1.54) is 63.6 Å². The van der Waals surface area contributed by atoms with E-state index >= 15 is 0 Å². The molecule has 0 aromatic heterocycles. The minimum Gasteiger partial charge on any atom is -0.338 e. The van der Waals surface area contributed by atoms with Gasteiger partial charge in [-0.05, 0) is 69.5 Å². The molecule has 4 heteroatoms. The lowest BCUT2D eigenvalue weighted by Gasteiger charge is -2.52. The van der Waals surface area contributed by atoms with Gasteiger partial charge in [-0.25, -0.2) is 0 Å². The van der Waals surface area contributed by atoms with Crippen molar-refractivity contribution < 1.29 is 4.79 Å². The van der Waals surface area contributed by atoms with E-state index in [4.69, 9.17) is 0 Å². The molecule has 4 heterocycles. The highest BCUT2D eigenvalue weighted by molar-refractivity contribution is 5.74. The fourth-order valence-electron chi connectivity index (χ4n) is 6.65. The quantitative estimate of drug-likeness (QED) is 0.771. The zero-order valence-corrected chi connectivity index (χ0v) is 17.0. The molecule has 5 rings (SSSR count). The second-order valence-corrected chi connectivity index (χ2v) is 10.00. The Morgan fingerprint density at radius 3 is 2.56 bits per heavy atom. The molecule has 1 spiro atoms. The van der Waals surface area contributed by atoms with E-state index in [2.05, 4.69) is 34.2 Å². The minimum absolute atomic E-state index is 0.237. The van der Waals surface area contributed by atoms with Crippen LogP contribution in [0, 0.1) is 11.3 Å². The Bertz CT molecular complexity index is 661. The number of allylic oxidation sites excluding steroid dienone is 1. The summed E-state index contributed by atoms with van der Waals surface area (Å²) in [5, 5.41) is 3.79. The third-order valence-corrected chi connectivity index (χ3v) is 8.20. The van der Waals surface area contributed by atoms with Gasteiger partial charge in [0, 0.05) is 43.6 Å². The van der Waals surface area contributed by atoms with Crippen LogP contribution < -0.4 is 5.32 Å². The fraction of sp³-hybridized carbons (Fsp3) is 0.783. The fourth-order valence-corrected chi connectivity index (χ4v) is 6.65. The van der Waals surface area contributed by atoms with Crippen LogP contribution in [0.2, 0.25) is 0 Å². The molecule has 2 bridgehead atoms. The number of carbonyl (C=O) groups excluding carboxylic acids is 1. The van der Waals surface area contributed by atoms with E-state index in [0.29, 0.717) is 5.92 Å². The molecule has 0 aromatic carbocycles.